The highest BCUT2D eigenvalue weighted by Crippen LogP contribution is 2.29. The van der Waals surface area contributed by atoms with Crippen molar-refractivity contribution in [2.45, 2.75) is 0 Å². The van der Waals surface area contributed by atoms with Gasteiger partial charge >= 0.3 is 0 Å². The fourth-order valence-corrected chi connectivity index (χ4v) is 3.48. The standard InChI is InChI=1S/C20H17Cl2N3O2/c21-14-4-3-5-15(12-14)25-19(20(26)24-8-10-27-11-9-24)13-18(23-25)16-6-1-2-7-17(16)22/h1-7,12-13H,8-11H2. The minimum absolute atomic E-state index is 0.0934. The van der Waals surface area contributed by atoms with Crippen LogP contribution in [0.2, 0.25) is 10.0 Å². The maximum Gasteiger partial charge on any atom is 0.272 e. The maximum absolute atomic E-state index is 13.2. The average Bonchev–Trinajstić information content (AvgIpc) is 3.13. The predicted octanol–water partition coefficient (Wildman–Crippen LogP) is 4.32. The smallest absolute Gasteiger partial charge is 0.272 e. The summed E-state index contributed by atoms with van der Waals surface area (Å²) in [6, 6.07) is 16.5. The summed E-state index contributed by atoms with van der Waals surface area (Å²) in [5.74, 6) is -0.0934. The Hall–Kier alpha value is -2.34. The van der Waals surface area contributed by atoms with E-state index in [1.165, 1.54) is 0 Å². The van der Waals surface area contributed by atoms with Gasteiger partial charge in [-0.25, -0.2) is 4.68 Å². The molecule has 4 rings (SSSR count). The fraction of sp³-hybridized carbons (Fsp3) is 0.200. The van der Waals surface area contributed by atoms with Crippen LogP contribution in [0.4, 0.5) is 0 Å². The largest absolute Gasteiger partial charge is 0.378 e. The molecule has 3 aromatic rings. The van der Waals surface area contributed by atoms with Crippen LogP contribution in [-0.4, -0.2) is 46.9 Å². The van der Waals surface area contributed by atoms with Crippen LogP contribution >= 0.6 is 23.2 Å². The van der Waals surface area contributed by atoms with Gasteiger partial charge in [0.15, 0.2) is 0 Å². The van der Waals surface area contributed by atoms with E-state index in [9.17, 15) is 4.79 Å². The molecule has 0 N–H and O–H groups in total. The summed E-state index contributed by atoms with van der Waals surface area (Å²) in [5.41, 5.74) is 2.60. The van der Waals surface area contributed by atoms with Gasteiger partial charge in [-0.1, -0.05) is 47.5 Å². The van der Waals surface area contributed by atoms with Crippen molar-refractivity contribution in [2.24, 2.45) is 0 Å². The van der Waals surface area contributed by atoms with Gasteiger partial charge in [-0.15, -0.1) is 0 Å². The van der Waals surface area contributed by atoms with Gasteiger partial charge in [0.2, 0.25) is 0 Å². The number of hydrogen-bond donors (Lipinski definition) is 0. The summed E-state index contributed by atoms with van der Waals surface area (Å²) in [6.45, 7) is 2.19. The molecule has 0 saturated carbocycles. The Morgan fingerprint density at radius 2 is 1.78 bits per heavy atom. The lowest BCUT2D eigenvalue weighted by atomic mass is 10.1. The van der Waals surface area contributed by atoms with Crippen molar-refractivity contribution in [3.8, 4) is 16.9 Å². The maximum atomic E-state index is 13.2. The van der Waals surface area contributed by atoms with Crippen LogP contribution in [0, 0.1) is 0 Å². The molecule has 27 heavy (non-hydrogen) atoms. The Bertz CT molecular complexity index is 981. The summed E-state index contributed by atoms with van der Waals surface area (Å²) in [4.78, 5) is 14.9. The van der Waals surface area contributed by atoms with Gasteiger partial charge in [-0.2, -0.15) is 5.10 Å². The Morgan fingerprint density at radius 3 is 2.52 bits per heavy atom. The molecular weight excluding hydrogens is 385 g/mol. The second-order valence-corrected chi connectivity index (χ2v) is 7.03. The van der Waals surface area contributed by atoms with E-state index < -0.39 is 0 Å². The van der Waals surface area contributed by atoms with E-state index in [4.69, 9.17) is 27.9 Å². The van der Waals surface area contributed by atoms with Crippen molar-refractivity contribution in [3.63, 3.8) is 0 Å². The topological polar surface area (TPSA) is 47.4 Å². The monoisotopic (exact) mass is 401 g/mol. The van der Waals surface area contributed by atoms with E-state index in [0.717, 1.165) is 11.3 Å². The fourth-order valence-electron chi connectivity index (χ4n) is 3.07. The third kappa shape index (κ3) is 3.72. The quantitative estimate of drug-likeness (QED) is 0.656. The normalized spacial score (nSPS) is 14.4. The molecule has 1 amide bonds. The van der Waals surface area contributed by atoms with E-state index in [2.05, 4.69) is 5.10 Å². The van der Waals surface area contributed by atoms with Crippen LogP contribution < -0.4 is 0 Å². The molecule has 0 aliphatic carbocycles. The van der Waals surface area contributed by atoms with E-state index in [1.807, 2.05) is 30.3 Å². The molecule has 0 atom stereocenters. The molecular formula is C20H17Cl2N3O2. The molecule has 1 aliphatic rings. The molecule has 138 valence electrons. The first-order valence-electron chi connectivity index (χ1n) is 8.61. The summed E-state index contributed by atoms with van der Waals surface area (Å²) in [7, 11) is 0. The van der Waals surface area contributed by atoms with Gasteiger partial charge in [-0.05, 0) is 30.3 Å². The molecule has 0 unspecified atom stereocenters. The number of ether oxygens (including phenoxy) is 1. The number of benzene rings is 2. The van der Waals surface area contributed by atoms with Gasteiger partial charge in [0.25, 0.3) is 5.91 Å². The number of carbonyl (C=O) groups is 1. The molecule has 0 bridgehead atoms. The first-order valence-corrected chi connectivity index (χ1v) is 9.37. The van der Waals surface area contributed by atoms with E-state index in [0.29, 0.717) is 47.7 Å². The van der Waals surface area contributed by atoms with Crippen LogP contribution in [-0.2, 0) is 4.74 Å². The predicted molar refractivity (Wildman–Crippen MR) is 106 cm³/mol. The van der Waals surface area contributed by atoms with Gasteiger partial charge < -0.3 is 9.64 Å². The van der Waals surface area contributed by atoms with Gasteiger partial charge in [0.1, 0.15) is 5.69 Å². The zero-order valence-electron chi connectivity index (χ0n) is 14.4. The Labute approximate surface area is 167 Å². The van der Waals surface area contributed by atoms with Crippen molar-refractivity contribution in [3.05, 3.63) is 70.3 Å². The summed E-state index contributed by atoms with van der Waals surface area (Å²) in [6.07, 6.45) is 0. The van der Waals surface area contributed by atoms with Crippen molar-refractivity contribution < 1.29 is 9.53 Å². The van der Waals surface area contributed by atoms with Crippen molar-refractivity contribution in [1.29, 1.82) is 0 Å². The zero-order chi connectivity index (χ0) is 18.8. The molecule has 2 heterocycles. The highest BCUT2D eigenvalue weighted by atomic mass is 35.5. The van der Waals surface area contributed by atoms with Crippen LogP contribution in [0.5, 0.6) is 0 Å². The number of hydrogen-bond acceptors (Lipinski definition) is 3. The minimum Gasteiger partial charge on any atom is -0.378 e. The number of halogens is 2. The van der Waals surface area contributed by atoms with Gasteiger partial charge in [-0.3, -0.25) is 4.79 Å². The van der Waals surface area contributed by atoms with Gasteiger partial charge in [0, 0.05) is 23.7 Å². The van der Waals surface area contributed by atoms with E-state index in [-0.39, 0.29) is 5.91 Å². The number of aromatic nitrogens is 2. The molecule has 0 spiro atoms. The first kappa shape index (κ1) is 18.0. The average molecular weight is 402 g/mol. The first-order chi connectivity index (χ1) is 13.1. The molecule has 2 aromatic carbocycles. The molecule has 7 heteroatoms. The van der Waals surface area contributed by atoms with E-state index >= 15 is 0 Å². The van der Waals surface area contributed by atoms with Crippen molar-refractivity contribution in [1.82, 2.24) is 14.7 Å². The lowest BCUT2D eigenvalue weighted by molar-refractivity contribution is 0.0297. The molecule has 1 aliphatic heterocycles. The van der Waals surface area contributed by atoms with E-state index in [1.54, 1.807) is 33.8 Å². The number of nitrogens with zero attached hydrogens (tertiary/aromatic N) is 3. The SMILES string of the molecule is O=C(c1cc(-c2ccccc2Cl)nn1-c1cccc(Cl)c1)N1CCOCC1. The minimum atomic E-state index is -0.0934. The zero-order valence-corrected chi connectivity index (χ0v) is 16.0. The number of morpholine rings is 1. The summed E-state index contributed by atoms with van der Waals surface area (Å²) < 4.78 is 6.98. The summed E-state index contributed by atoms with van der Waals surface area (Å²) >= 11 is 12.5. The second kappa shape index (κ2) is 7.72. The highest BCUT2D eigenvalue weighted by Gasteiger charge is 2.24. The number of amides is 1. The second-order valence-electron chi connectivity index (χ2n) is 6.19. The van der Waals surface area contributed by atoms with Crippen LogP contribution in [0.25, 0.3) is 16.9 Å². The lowest BCUT2D eigenvalue weighted by Crippen LogP contribution is -2.41. The van der Waals surface area contributed by atoms with Crippen LogP contribution in [0.15, 0.2) is 54.6 Å². The van der Waals surface area contributed by atoms with Gasteiger partial charge in [0.05, 0.1) is 29.6 Å². The Balaban J connectivity index is 1.82. The molecule has 1 aromatic heterocycles. The molecule has 1 fully saturated rings. The third-order valence-electron chi connectivity index (χ3n) is 4.43. The van der Waals surface area contributed by atoms with Crippen molar-refractivity contribution in [2.75, 3.05) is 26.3 Å². The molecule has 1 saturated heterocycles. The summed E-state index contributed by atoms with van der Waals surface area (Å²) in [5, 5.41) is 5.82. The molecule has 0 radical (unpaired) electrons. The lowest BCUT2D eigenvalue weighted by Gasteiger charge is -2.26. The molecule has 5 nitrogen and oxygen atoms in total. The number of carbonyl (C=O) groups excluding carboxylic acids is 1. The number of rotatable bonds is 3. The van der Waals surface area contributed by atoms with Crippen LogP contribution in [0.3, 0.4) is 0 Å². The highest BCUT2D eigenvalue weighted by molar-refractivity contribution is 6.33. The third-order valence-corrected chi connectivity index (χ3v) is 4.99. The van der Waals surface area contributed by atoms with Crippen LogP contribution in [0.1, 0.15) is 10.5 Å². The Morgan fingerprint density at radius 1 is 1.00 bits per heavy atom. The van der Waals surface area contributed by atoms with Crippen molar-refractivity contribution >= 4 is 29.1 Å². The Kier molecular flexibility index (Phi) is 5.16.